The van der Waals surface area contributed by atoms with Gasteiger partial charge in [0, 0.05) is 18.8 Å². The maximum absolute atomic E-state index is 11.9. The summed E-state index contributed by atoms with van der Waals surface area (Å²) < 4.78 is 0. The Morgan fingerprint density at radius 2 is 2.35 bits per heavy atom. The number of anilines is 1. The van der Waals surface area contributed by atoms with Crippen molar-refractivity contribution in [2.24, 2.45) is 5.92 Å². The third kappa shape index (κ3) is 2.87. The van der Waals surface area contributed by atoms with E-state index in [0.717, 1.165) is 25.1 Å². The molecule has 0 bridgehead atoms. The topological polar surface area (TPSA) is 41.1 Å². The van der Waals surface area contributed by atoms with E-state index in [2.05, 4.69) is 29.3 Å². The molecule has 0 aromatic heterocycles. The summed E-state index contributed by atoms with van der Waals surface area (Å²) in [6, 6.07) is 8.15. The lowest BCUT2D eigenvalue weighted by molar-refractivity contribution is -0.124. The summed E-state index contributed by atoms with van der Waals surface area (Å²) in [7, 11) is 0. The Kier molecular flexibility index (Phi) is 3.81. The average molecular weight is 230 g/mol. The zero-order valence-corrected chi connectivity index (χ0v) is 9.91. The number of rotatable bonds is 4. The van der Waals surface area contributed by atoms with Gasteiger partial charge in [0.2, 0.25) is 5.91 Å². The van der Waals surface area contributed by atoms with Crippen molar-refractivity contribution in [3.05, 3.63) is 42.5 Å². The van der Waals surface area contributed by atoms with Crippen LogP contribution in [0.25, 0.3) is 0 Å². The number of hydrogen-bond donors (Lipinski definition) is 2. The highest BCUT2D eigenvalue weighted by Crippen LogP contribution is 2.24. The molecule has 1 heterocycles. The summed E-state index contributed by atoms with van der Waals surface area (Å²) in [5.41, 5.74) is 2.38. The van der Waals surface area contributed by atoms with E-state index in [1.807, 2.05) is 18.2 Å². The molecule has 0 saturated carbocycles. The van der Waals surface area contributed by atoms with Gasteiger partial charge in [-0.05, 0) is 24.5 Å². The quantitative estimate of drug-likeness (QED) is 0.613. The van der Waals surface area contributed by atoms with Crippen molar-refractivity contribution < 1.29 is 4.79 Å². The summed E-state index contributed by atoms with van der Waals surface area (Å²) in [4.78, 5) is 11.9. The van der Waals surface area contributed by atoms with E-state index >= 15 is 0 Å². The fraction of sp³-hybridized carbons (Fsp3) is 0.357. The van der Waals surface area contributed by atoms with Crippen molar-refractivity contribution >= 4 is 11.6 Å². The van der Waals surface area contributed by atoms with E-state index in [1.165, 1.54) is 5.56 Å². The molecular formula is C14H18N2O. The van der Waals surface area contributed by atoms with Crippen LogP contribution in [-0.2, 0) is 11.2 Å². The lowest BCUT2D eigenvalue weighted by Crippen LogP contribution is -2.38. The SMILES string of the molecule is C=CCCNC(=O)C1CNc2ccccc2C1. The van der Waals surface area contributed by atoms with Crippen LogP contribution in [0.4, 0.5) is 5.69 Å². The van der Waals surface area contributed by atoms with Gasteiger partial charge in [-0.2, -0.15) is 0 Å². The molecule has 1 aliphatic heterocycles. The Morgan fingerprint density at radius 1 is 1.53 bits per heavy atom. The van der Waals surface area contributed by atoms with Crippen LogP contribution in [0.1, 0.15) is 12.0 Å². The highest BCUT2D eigenvalue weighted by molar-refractivity contribution is 5.80. The van der Waals surface area contributed by atoms with Crippen LogP contribution >= 0.6 is 0 Å². The van der Waals surface area contributed by atoms with Gasteiger partial charge >= 0.3 is 0 Å². The third-order valence-electron chi connectivity index (χ3n) is 3.04. The second-order valence-electron chi connectivity index (χ2n) is 4.31. The molecule has 2 rings (SSSR count). The summed E-state index contributed by atoms with van der Waals surface area (Å²) in [5, 5.41) is 6.24. The molecule has 1 amide bonds. The highest BCUT2D eigenvalue weighted by Gasteiger charge is 2.23. The molecule has 17 heavy (non-hydrogen) atoms. The van der Waals surface area contributed by atoms with Crippen molar-refractivity contribution in [1.82, 2.24) is 5.32 Å². The Labute approximate surface area is 102 Å². The van der Waals surface area contributed by atoms with Gasteiger partial charge in [0.25, 0.3) is 0 Å². The van der Waals surface area contributed by atoms with Crippen LogP contribution in [0.5, 0.6) is 0 Å². The number of carbonyl (C=O) groups is 1. The second kappa shape index (κ2) is 5.53. The normalized spacial score (nSPS) is 17.8. The molecule has 0 aliphatic carbocycles. The minimum atomic E-state index is 0.0368. The molecule has 0 radical (unpaired) electrons. The highest BCUT2D eigenvalue weighted by atomic mass is 16.1. The smallest absolute Gasteiger partial charge is 0.225 e. The molecule has 3 heteroatoms. The number of nitrogens with one attached hydrogen (secondary N) is 2. The van der Waals surface area contributed by atoms with Gasteiger partial charge in [0.1, 0.15) is 0 Å². The second-order valence-corrected chi connectivity index (χ2v) is 4.31. The Bertz CT molecular complexity index is 414. The van der Waals surface area contributed by atoms with Gasteiger partial charge in [-0.1, -0.05) is 24.3 Å². The van der Waals surface area contributed by atoms with Gasteiger partial charge in [-0.25, -0.2) is 0 Å². The molecular weight excluding hydrogens is 212 g/mol. The number of benzene rings is 1. The summed E-state index contributed by atoms with van der Waals surface area (Å²) >= 11 is 0. The predicted octanol–water partition coefficient (Wildman–Crippen LogP) is 1.96. The van der Waals surface area contributed by atoms with Gasteiger partial charge in [-0.3, -0.25) is 4.79 Å². The molecule has 1 aromatic rings. The molecule has 1 atom stereocenters. The molecule has 0 saturated heterocycles. The van der Waals surface area contributed by atoms with Crippen LogP contribution in [0.15, 0.2) is 36.9 Å². The van der Waals surface area contributed by atoms with E-state index in [-0.39, 0.29) is 11.8 Å². The van der Waals surface area contributed by atoms with Crippen LogP contribution in [0.2, 0.25) is 0 Å². The van der Waals surface area contributed by atoms with Gasteiger partial charge in [0.05, 0.1) is 5.92 Å². The number of fused-ring (bicyclic) bond motifs is 1. The average Bonchev–Trinajstić information content (AvgIpc) is 2.38. The van der Waals surface area contributed by atoms with Gasteiger partial charge < -0.3 is 10.6 Å². The lowest BCUT2D eigenvalue weighted by atomic mass is 9.93. The third-order valence-corrected chi connectivity index (χ3v) is 3.04. The summed E-state index contributed by atoms with van der Waals surface area (Å²) in [6.45, 7) is 5.04. The molecule has 1 aliphatic rings. The van der Waals surface area contributed by atoms with E-state index in [4.69, 9.17) is 0 Å². The monoisotopic (exact) mass is 230 g/mol. The molecule has 90 valence electrons. The van der Waals surface area contributed by atoms with Crippen molar-refractivity contribution in [2.45, 2.75) is 12.8 Å². The largest absolute Gasteiger partial charge is 0.384 e. The molecule has 0 spiro atoms. The van der Waals surface area contributed by atoms with E-state index < -0.39 is 0 Å². The molecule has 1 unspecified atom stereocenters. The predicted molar refractivity (Wildman–Crippen MR) is 69.9 cm³/mol. The molecule has 1 aromatic carbocycles. The minimum absolute atomic E-state index is 0.0368. The van der Waals surface area contributed by atoms with Gasteiger partial charge in [-0.15, -0.1) is 6.58 Å². The van der Waals surface area contributed by atoms with Crippen molar-refractivity contribution in [2.75, 3.05) is 18.4 Å². The number of amides is 1. The van der Waals surface area contributed by atoms with Crippen molar-refractivity contribution in [1.29, 1.82) is 0 Å². The zero-order chi connectivity index (χ0) is 12.1. The summed E-state index contributed by atoms with van der Waals surface area (Å²) in [6.07, 6.45) is 3.46. The van der Waals surface area contributed by atoms with Gasteiger partial charge in [0.15, 0.2) is 0 Å². The Balaban J connectivity index is 1.93. The number of para-hydroxylation sites is 1. The van der Waals surface area contributed by atoms with Crippen molar-refractivity contribution in [3.63, 3.8) is 0 Å². The van der Waals surface area contributed by atoms with E-state index in [0.29, 0.717) is 6.54 Å². The number of carbonyl (C=O) groups excluding carboxylic acids is 1. The first-order valence-corrected chi connectivity index (χ1v) is 6.01. The molecule has 3 nitrogen and oxygen atoms in total. The molecule has 0 fully saturated rings. The molecule has 2 N–H and O–H groups in total. The van der Waals surface area contributed by atoms with Crippen LogP contribution < -0.4 is 10.6 Å². The van der Waals surface area contributed by atoms with Crippen LogP contribution in [0, 0.1) is 5.92 Å². The Morgan fingerprint density at radius 3 is 3.18 bits per heavy atom. The first-order chi connectivity index (χ1) is 8.31. The maximum Gasteiger partial charge on any atom is 0.225 e. The van der Waals surface area contributed by atoms with Crippen LogP contribution in [0.3, 0.4) is 0 Å². The summed E-state index contributed by atoms with van der Waals surface area (Å²) in [5.74, 6) is 0.170. The van der Waals surface area contributed by atoms with Crippen LogP contribution in [-0.4, -0.2) is 19.0 Å². The van der Waals surface area contributed by atoms with E-state index in [1.54, 1.807) is 0 Å². The first kappa shape index (κ1) is 11.7. The lowest BCUT2D eigenvalue weighted by Gasteiger charge is -2.25. The fourth-order valence-corrected chi connectivity index (χ4v) is 2.07. The fourth-order valence-electron chi connectivity index (χ4n) is 2.07. The van der Waals surface area contributed by atoms with Crippen molar-refractivity contribution in [3.8, 4) is 0 Å². The Hall–Kier alpha value is -1.77. The number of hydrogen-bond acceptors (Lipinski definition) is 2. The first-order valence-electron chi connectivity index (χ1n) is 6.01. The minimum Gasteiger partial charge on any atom is -0.384 e. The van der Waals surface area contributed by atoms with E-state index in [9.17, 15) is 4.79 Å². The zero-order valence-electron chi connectivity index (χ0n) is 9.91. The maximum atomic E-state index is 11.9. The standard InChI is InChI=1S/C14H18N2O/c1-2-3-8-15-14(17)12-9-11-6-4-5-7-13(11)16-10-12/h2,4-7,12,16H,1,3,8-10H2,(H,15,17).